The molecule has 0 heterocycles. The van der Waals surface area contributed by atoms with Gasteiger partial charge in [0.1, 0.15) is 0 Å². The molecule has 2 rings (SSSR count). The number of rotatable bonds is 3. The number of amides is 2. The Balaban J connectivity index is 2.01. The molecule has 2 aromatic carbocycles. The van der Waals surface area contributed by atoms with Gasteiger partial charge in [0.2, 0.25) is 0 Å². The zero-order chi connectivity index (χ0) is 17.7. The van der Waals surface area contributed by atoms with Gasteiger partial charge in [0.05, 0.1) is 12.7 Å². The van der Waals surface area contributed by atoms with Crippen LogP contribution in [0.5, 0.6) is 0 Å². The molecule has 24 heavy (non-hydrogen) atoms. The van der Waals surface area contributed by atoms with E-state index in [1.807, 2.05) is 19.1 Å². The van der Waals surface area contributed by atoms with E-state index in [1.165, 1.54) is 31.4 Å². The maximum Gasteiger partial charge on any atom is 0.337 e. The maximum absolute atomic E-state index is 12.0. The molecular formula is C17H15IN2O4. The lowest BCUT2D eigenvalue weighted by atomic mass is 10.2. The highest BCUT2D eigenvalue weighted by Gasteiger charge is 2.15. The van der Waals surface area contributed by atoms with Crippen molar-refractivity contribution in [2.24, 2.45) is 0 Å². The van der Waals surface area contributed by atoms with Gasteiger partial charge in [-0.15, -0.1) is 0 Å². The summed E-state index contributed by atoms with van der Waals surface area (Å²) in [7, 11) is 1.29. The summed E-state index contributed by atoms with van der Waals surface area (Å²) in [4.78, 5) is 35.3. The van der Waals surface area contributed by atoms with Crippen molar-refractivity contribution < 1.29 is 19.1 Å². The van der Waals surface area contributed by atoms with Gasteiger partial charge >= 0.3 is 17.8 Å². The Morgan fingerprint density at radius 2 is 1.58 bits per heavy atom. The van der Waals surface area contributed by atoms with E-state index < -0.39 is 17.8 Å². The van der Waals surface area contributed by atoms with Gasteiger partial charge in [-0.1, -0.05) is 0 Å². The molecule has 0 atom stereocenters. The summed E-state index contributed by atoms with van der Waals surface area (Å²) >= 11 is 2.17. The molecule has 0 unspecified atom stereocenters. The Morgan fingerprint density at radius 1 is 0.958 bits per heavy atom. The first kappa shape index (κ1) is 17.9. The quantitative estimate of drug-likeness (QED) is 0.439. The standard InChI is InChI=1S/C17H15IN2O4/c1-10-9-12(18)5-8-14(10)20-16(22)15(21)19-13-6-3-11(4-7-13)17(23)24-2/h3-9H,1-2H3,(H,19,21)(H,20,22). The molecule has 124 valence electrons. The van der Waals surface area contributed by atoms with Gasteiger partial charge in [-0.2, -0.15) is 0 Å². The summed E-state index contributed by atoms with van der Waals surface area (Å²) in [6.45, 7) is 1.85. The van der Waals surface area contributed by atoms with Crippen molar-refractivity contribution in [1.82, 2.24) is 0 Å². The Hall–Kier alpha value is -2.42. The fourth-order valence-electron chi connectivity index (χ4n) is 1.94. The summed E-state index contributed by atoms with van der Waals surface area (Å²) < 4.78 is 5.63. The molecule has 0 radical (unpaired) electrons. The lowest BCUT2D eigenvalue weighted by Gasteiger charge is -2.09. The maximum atomic E-state index is 12.0. The van der Waals surface area contributed by atoms with Crippen molar-refractivity contribution >= 4 is 51.7 Å². The first-order valence-electron chi connectivity index (χ1n) is 6.97. The monoisotopic (exact) mass is 438 g/mol. The minimum absolute atomic E-state index is 0.356. The van der Waals surface area contributed by atoms with Crippen LogP contribution in [0.1, 0.15) is 15.9 Å². The van der Waals surface area contributed by atoms with E-state index in [-0.39, 0.29) is 0 Å². The highest BCUT2D eigenvalue weighted by molar-refractivity contribution is 14.1. The van der Waals surface area contributed by atoms with E-state index in [9.17, 15) is 14.4 Å². The molecule has 0 bridgehead atoms. The predicted molar refractivity (Wildman–Crippen MR) is 98.9 cm³/mol. The second-order valence-electron chi connectivity index (χ2n) is 4.94. The van der Waals surface area contributed by atoms with Gasteiger partial charge in [0.15, 0.2) is 0 Å². The average molecular weight is 438 g/mol. The summed E-state index contributed by atoms with van der Waals surface area (Å²) in [5, 5.41) is 5.04. The largest absolute Gasteiger partial charge is 0.465 e. The van der Waals surface area contributed by atoms with Crippen LogP contribution in [0.3, 0.4) is 0 Å². The molecule has 0 aliphatic carbocycles. The average Bonchev–Trinajstić information content (AvgIpc) is 2.57. The van der Waals surface area contributed by atoms with Crippen LogP contribution in [-0.4, -0.2) is 24.9 Å². The number of aryl methyl sites for hydroxylation is 1. The van der Waals surface area contributed by atoms with Crippen molar-refractivity contribution in [3.63, 3.8) is 0 Å². The number of benzene rings is 2. The molecule has 0 aromatic heterocycles. The smallest absolute Gasteiger partial charge is 0.337 e. The normalized spacial score (nSPS) is 9.96. The van der Waals surface area contributed by atoms with Crippen molar-refractivity contribution in [2.75, 3.05) is 17.7 Å². The molecule has 7 heteroatoms. The molecule has 0 saturated carbocycles. The molecule has 0 fully saturated rings. The van der Waals surface area contributed by atoms with E-state index in [0.717, 1.165) is 9.13 Å². The molecule has 0 aliphatic rings. The Labute approximate surface area is 152 Å². The molecule has 2 N–H and O–H groups in total. The Kier molecular flexibility index (Phi) is 5.91. The van der Waals surface area contributed by atoms with Gasteiger partial charge in [0, 0.05) is 14.9 Å². The van der Waals surface area contributed by atoms with E-state index in [2.05, 4.69) is 38.0 Å². The van der Waals surface area contributed by atoms with Crippen LogP contribution in [0.4, 0.5) is 11.4 Å². The predicted octanol–water partition coefficient (Wildman–Crippen LogP) is 2.96. The van der Waals surface area contributed by atoms with Gasteiger partial charge in [0.25, 0.3) is 0 Å². The van der Waals surface area contributed by atoms with Crippen LogP contribution in [0.25, 0.3) is 0 Å². The fourth-order valence-corrected chi connectivity index (χ4v) is 2.59. The summed E-state index contributed by atoms with van der Waals surface area (Å²) in [5.41, 5.74) is 2.21. The number of ether oxygens (including phenoxy) is 1. The van der Waals surface area contributed by atoms with Gasteiger partial charge in [-0.3, -0.25) is 9.59 Å². The van der Waals surface area contributed by atoms with Gasteiger partial charge in [-0.25, -0.2) is 4.79 Å². The topological polar surface area (TPSA) is 84.5 Å². The van der Waals surface area contributed by atoms with Gasteiger partial charge in [-0.05, 0) is 77.5 Å². The lowest BCUT2D eigenvalue weighted by molar-refractivity contribution is -0.133. The third kappa shape index (κ3) is 4.54. The van der Waals surface area contributed by atoms with Crippen LogP contribution in [0, 0.1) is 10.5 Å². The zero-order valence-electron chi connectivity index (χ0n) is 13.1. The fraction of sp³-hybridized carbons (Fsp3) is 0.118. The van der Waals surface area contributed by atoms with Crippen LogP contribution >= 0.6 is 22.6 Å². The first-order chi connectivity index (χ1) is 11.4. The molecular weight excluding hydrogens is 423 g/mol. The minimum atomic E-state index is -0.793. The number of methoxy groups -OCH3 is 1. The van der Waals surface area contributed by atoms with Crippen LogP contribution in [-0.2, 0) is 14.3 Å². The zero-order valence-corrected chi connectivity index (χ0v) is 15.2. The number of nitrogens with one attached hydrogen (secondary N) is 2. The second kappa shape index (κ2) is 7.91. The Morgan fingerprint density at radius 3 is 2.17 bits per heavy atom. The van der Waals surface area contributed by atoms with E-state index in [1.54, 1.807) is 6.07 Å². The molecule has 2 aromatic rings. The highest BCUT2D eigenvalue weighted by atomic mass is 127. The van der Waals surface area contributed by atoms with Crippen molar-refractivity contribution in [2.45, 2.75) is 6.92 Å². The van der Waals surface area contributed by atoms with Crippen LogP contribution in [0.2, 0.25) is 0 Å². The third-order valence-corrected chi connectivity index (χ3v) is 3.88. The summed E-state index contributed by atoms with van der Waals surface area (Å²) in [5.74, 6) is -2.03. The second-order valence-corrected chi connectivity index (χ2v) is 6.18. The Bertz CT molecular complexity index is 788. The number of carbonyl (C=O) groups excluding carboxylic acids is 3. The third-order valence-electron chi connectivity index (χ3n) is 3.21. The molecule has 2 amide bonds. The number of halogens is 1. The molecule has 0 saturated heterocycles. The van der Waals surface area contributed by atoms with Crippen LogP contribution in [0.15, 0.2) is 42.5 Å². The summed E-state index contributed by atoms with van der Waals surface area (Å²) in [6.07, 6.45) is 0. The van der Waals surface area contributed by atoms with Crippen molar-refractivity contribution in [3.8, 4) is 0 Å². The molecule has 0 aliphatic heterocycles. The SMILES string of the molecule is COC(=O)c1ccc(NC(=O)C(=O)Nc2ccc(I)cc2C)cc1. The van der Waals surface area contributed by atoms with Crippen molar-refractivity contribution in [3.05, 3.63) is 57.2 Å². The van der Waals surface area contributed by atoms with E-state index >= 15 is 0 Å². The summed E-state index contributed by atoms with van der Waals surface area (Å²) in [6, 6.07) is 11.5. The molecule has 0 spiro atoms. The van der Waals surface area contributed by atoms with E-state index in [4.69, 9.17) is 0 Å². The van der Waals surface area contributed by atoms with Crippen LogP contribution < -0.4 is 10.6 Å². The first-order valence-corrected chi connectivity index (χ1v) is 8.05. The van der Waals surface area contributed by atoms with Gasteiger partial charge < -0.3 is 15.4 Å². The van der Waals surface area contributed by atoms with Crippen molar-refractivity contribution in [1.29, 1.82) is 0 Å². The number of anilines is 2. The molecule has 6 nitrogen and oxygen atoms in total. The minimum Gasteiger partial charge on any atom is -0.465 e. The number of esters is 1. The number of hydrogen-bond acceptors (Lipinski definition) is 4. The van der Waals surface area contributed by atoms with E-state index in [0.29, 0.717) is 16.9 Å². The highest BCUT2D eigenvalue weighted by Crippen LogP contribution is 2.18. The number of hydrogen-bond donors (Lipinski definition) is 2. The lowest BCUT2D eigenvalue weighted by Crippen LogP contribution is -2.29. The number of carbonyl (C=O) groups is 3.